The average molecular weight is 575 g/mol. The Kier molecular flexibility index (Phi) is 11.6. The zero-order valence-corrected chi connectivity index (χ0v) is 25.3. The van der Waals surface area contributed by atoms with E-state index >= 15 is 0 Å². The minimum absolute atomic E-state index is 0.0891. The number of amides is 2. The Morgan fingerprint density at radius 3 is 2.48 bits per heavy atom. The number of fused-ring (bicyclic) bond motifs is 1. The van der Waals surface area contributed by atoms with Crippen LogP contribution in [0.25, 0.3) is 10.9 Å². The van der Waals surface area contributed by atoms with Crippen LogP contribution in [0.5, 0.6) is 5.75 Å². The van der Waals surface area contributed by atoms with Gasteiger partial charge in [0.05, 0.1) is 19.6 Å². The molecular formula is C34H46N4O4. The minimum atomic E-state index is -0.646. The van der Waals surface area contributed by atoms with Gasteiger partial charge in [-0.25, -0.2) is 0 Å². The number of hydrogen-bond donors (Lipinski definition) is 3. The first kappa shape index (κ1) is 31.3. The van der Waals surface area contributed by atoms with Gasteiger partial charge in [-0.15, -0.1) is 0 Å². The Bertz CT molecular complexity index is 1330. The van der Waals surface area contributed by atoms with Crippen molar-refractivity contribution in [1.82, 2.24) is 20.5 Å². The lowest BCUT2D eigenvalue weighted by atomic mass is 10.0. The van der Waals surface area contributed by atoms with Crippen LogP contribution < -0.4 is 15.4 Å². The van der Waals surface area contributed by atoms with E-state index in [0.717, 1.165) is 73.1 Å². The number of aromatic amines is 1. The van der Waals surface area contributed by atoms with Crippen LogP contribution in [0, 0.1) is 6.92 Å². The molecule has 1 unspecified atom stereocenters. The van der Waals surface area contributed by atoms with Crippen LogP contribution >= 0.6 is 0 Å². The van der Waals surface area contributed by atoms with Gasteiger partial charge in [0, 0.05) is 29.6 Å². The number of Topliss-reactive ketones (excluding diaryl/α,β-unsaturated/α-hetero) is 1. The molecule has 2 atom stereocenters. The molecule has 8 heteroatoms. The van der Waals surface area contributed by atoms with Crippen molar-refractivity contribution in [2.24, 2.45) is 0 Å². The maximum atomic E-state index is 13.6. The molecule has 2 amide bonds. The zero-order chi connectivity index (χ0) is 29.9. The van der Waals surface area contributed by atoms with Crippen LogP contribution in [0.2, 0.25) is 0 Å². The first-order valence-electron chi connectivity index (χ1n) is 15.4. The molecule has 8 nitrogen and oxygen atoms in total. The molecule has 1 fully saturated rings. The molecule has 3 aromatic rings. The van der Waals surface area contributed by atoms with Crippen LogP contribution in [0.3, 0.4) is 0 Å². The van der Waals surface area contributed by atoms with Gasteiger partial charge in [-0.2, -0.15) is 0 Å². The zero-order valence-electron chi connectivity index (χ0n) is 25.3. The van der Waals surface area contributed by atoms with Crippen LogP contribution in [0.4, 0.5) is 0 Å². The monoisotopic (exact) mass is 574 g/mol. The standard InChI is InChI=1S/C34H46N4O4/c1-24(39)13-7-4-10-16-31(37-33(40)22-28-25(2)36-30-18-17-27(42-3)21-29(28)30)34(41)35-23-32(26-14-8-5-9-15-26)38-19-11-6-12-20-38/h5,8-9,14-15,17-18,21,31-32,36H,4,6-7,10-13,16,19-20,22-23H2,1-3H3,(H,35,41)(H,37,40)/t31-,32?/m0/s1. The maximum Gasteiger partial charge on any atom is 0.242 e. The highest BCUT2D eigenvalue weighted by Crippen LogP contribution is 2.27. The number of hydrogen-bond acceptors (Lipinski definition) is 5. The molecule has 1 aliphatic heterocycles. The number of ketones is 1. The third kappa shape index (κ3) is 8.68. The van der Waals surface area contributed by atoms with Gasteiger partial charge in [0.15, 0.2) is 0 Å². The predicted molar refractivity (Wildman–Crippen MR) is 167 cm³/mol. The molecule has 2 heterocycles. The summed E-state index contributed by atoms with van der Waals surface area (Å²) >= 11 is 0. The molecule has 226 valence electrons. The lowest BCUT2D eigenvalue weighted by Gasteiger charge is -2.35. The number of nitrogens with one attached hydrogen (secondary N) is 3. The number of ether oxygens (including phenoxy) is 1. The highest BCUT2D eigenvalue weighted by Gasteiger charge is 2.26. The van der Waals surface area contributed by atoms with E-state index in [9.17, 15) is 14.4 Å². The molecule has 1 aromatic heterocycles. The fourth-order valence-corrected chi connectivity index (χ4v) is 5.97. The van der Waals surface area contributed by atoms with E-state index in [2.05, 4.69) is 32.7 Å². The fraction of sp³-hybridized carbons (Fsp3) is 0.500. The fourth-order valence-electron chi connectivity index (χ4n) is 5.97. The van der Waals surface area contributed by atoms with Crippen molar-refractivity contribution < 1.29 is 19.1 Å². The number of nitrogens with zero attached hydrogens (tertiary/aromatic N) is 1. The maximum absolute atomic E-state index is 13.6. The van der Waals surface area contributed by atoms with Crippen LogP contribution in [0.15, 0.2) is 48.5 Å². The molecule has 4 rings (SSSR count). The average Bonchev–Trinajstić information content (AvgIpc) is 3.30. The summed E-state index contributed by atoms with van der Waals surface area (Å²) in [6.45, 7) is 6.07. The van der Waals surface area contributed by atoms with Gasteiger partial charge in [-0.3, -0.25) is 14.5 Å². The molecule has 0 saturated carbocycles. The Hall–Kier alpha value is -3.65. The molecule has 0 bridgehead atoms. The van der Waals surface area contributed by atoms with Crippen molar-refractivity contribution in [3.63, 3.8) is 0 Å². The van der Waals surface area contributed by atoms with Gasteiger partial charge in [-0.1, -0.05) is 49.6 Å². The van der Waals surface area contributed by atoms with E-state index in [0.29, 0.717) is 19.4 Å². The number of carbonyl (C=O) groups is 3. The molecule has 1 saturated heterocycles. The minimum Gasteiger partial charge on any atom is -0.497 e. The Morgan fingerprint density at radius 2 is 1.76 bits per heavy atom. The van der Waals surface area contributed by atoms with Gasteiger partial charge < -0.3 is 25.1 Å². The number of rotatable bonds is 15. The van der Waals surface area contributed by atoms with Crippen molar-refractivity contribution in [3.05, 3.63) is 65.4 Å². The van der Waals surface area contributed by atoms with Gasteiger partial charge >= 0.3 is 0 Å². The van der Waals surface area contributed by atoms with Gasteiger partial charge in [0.25, 0.3) is 0 Å². The third-order valence-electron chi connectivity index (χ3n) is 8.32. The van der Waals surface area contributed by atoms with E-state index in [1.54, 1.807) is 14.0 Å². The van der Waals surface area contributed by atoms with E-state index in [1.165, 1.54) is 12.0 Å². The van der Waals surface area contributed by atoms with E-state index in [4.69, 9.17) is 4.74 Å². The summed E-state index contributed by atoms with van der Waals surface area (Å²) in [7, 11) is 1.63. The Morgan fingerprint density at radius 1 is 1.00 bits per heavy atom. The summed E-state index contributed by atoms with van der Waals surface area (Å²) in [6, 6.07) is 15.6. The second-order valence-corrected chi connectivity index (χ2v) is 11.5. The summed E-state index contributed by atoms with van der Waals surface area (Å²) < 4.78 is 5.40. The van der Waals surface area contributed by atoms with Crippen LogP contribution in [0.1, 0.15) is 81.2 Å². The topological polar surface area (TPSA) is 104 Å². The normalized spacial score (nSPS) is 15.2. The van der Waals surface area contributed by atoms with E-state index < -0.39 is 6.04 Å². The van der Waals surface area contributed by atoms with Gasteiger partial charge in [-0.05, 0) is 81.9 Å². The highest BCUT2D eigenvalue weighted by molar-refractivity contribution is 5.93. The van der Waals surface area contributed by atoms with E-state index in [-0.39, 0.29) is 30.1 Å². The SMILES string of the molecule is COc1ccc2[nH]c(C)c(CC(=O)N[C@@H](CCCCCC(C)=O)C(=O)NCC(c3ccccc3)N3CCCCC3)c2c1. The smallest absolute Gasteiger partial charge is 0.242 e. The number of benzene rings is 2. The molecule has 3 N–H and O–H groups in total. The Labute approximate surface area is 249 Å². The Balaban J connectivity index is 1.45. The summed E-state index contributed by atoms with van der Waals surface area (Å²) in [5, 5.41) is 7.17. The third-order valence-corrected chi connectivity index (χ3v) is 8.32. The summed E-state index contributed by atoms with van der Waals surface area (Å²) in [5.41, 5.74) is 3.96. The van der Waals surface area contributed by atoms with Crippen molar-refractivity contribution >= 4 is 28.5 Å². The number of H-pyrrole nitrogens is 1. The number of unbranched alkanes of at least 4 members (excludes halogenated alkanes) is 2. The largest absolute Gasteiger partial charge is 0.497 e. The number of aryl methyl sites for hydroxylation is 1. The summed E-state index contributed by atoms with van der Waals surface area (Å²) in [4.78, 5) is 44.2. The number of carbonyl (C=O) groups excluding carboxylic acids is 3. The first-order valence-corrected chi connectivity index (χ1v) is 15.4. The highest BCUT2D eigenvalue weighted by atomic mass is 16.5. The molecular weight excluding hydrogens is 528 g/mol. The predicted octanol–water partition coefficient (Wildman–Crippen LogP) is 5.40. The number of piperidine rings is 1. The summed E-state index contributed by atoms with van der Waals surface area (Å²) in [5.74, 6) is 0.548. The number of methoxy groups -OCH3 is 1. The second kappa shape index (κ2) is 15.5. The molecule has 1 aliphatic rings. The quantitative estimate of drug-likeness (QED) is 0.211. The van der Waals surface area contributed by atoms with Gasteiger partial charge in [0.1, 0.15) is 17.6 Å². The molecule has 0 radical (unpaired) electrons. The summed E-state index contributed by atoms with van der Waals surface area (Å²) in [6.07, 6.45) is 7.17. The lowest BCUT2D eigenvalue weighted by molar-refractivity contribution is -0.129. The molecule has 2 aromatic carbocycles. The number of aromatic nitrogens is 1. The molecule has 0 aliphatic carbocycles. The van der Waals surface area contributed by atoms with Crippen molar-refractivity contribution in [2.75, 3.05) is 26.7 Å². The lowest BCUT2D eigenvalue weighted by Crippen LogP contribution is -2.49. The van der Waals surface area contributed by atoms with Crippen molar-refractivity contribution in [2.45, 2.75) is 83.7 Å². The van der Waals surface area contributed by atoms with Crippen LogP contribution in [-0.2, 0) is 20.8 Å². The van der Waals surface area contributed by atoms with Gasteiger partial charge in [0.2, 0.25) is 11.8 Å². The number of likely N-dealkylation sites (tertiary alicyclic amines) is 1. The molecule has 42 heavy (non-hydrogen) atoms. The van der Waals surface area contributed by atoms with Crippen molar-refractivity contribution in [3.8, 4) is 5.75 Å². The van der Waals surface area contributed by atoms with E-state index in [1.807, 2.05) is 43.3 Å². The second-order valence-electron chi connectivity index (χ2n) is 11.5. The molecule has 0 spiro atoms. The first-order chi connectivity index (χ1) is 20.4. The van der Waals surface area contributed by atoms with Crippen LogP contribution in [-0.4, -0.2) is 60.3 Å². The van der Waals surface area contributed by atoms with Crippen molar-refractivity contribution in [1.29, 1.82) is 0 Å².